The Bertz CT molecular complexity index is 984. The van der Waals surface area contributed by atoms with Crippen molar-refractivity contribution in [3.05, 3.63) is 70.5 Å². The van der Waals surface area contributed by atoms with Crippen molar-refractivity contribution in [1.82, 2.24) is 4.98 Å². The number of nitrogens with one attached hydrogen (secondary N) is 1. The predicted octanol–water partition coefficient (Wildman–Crippen LogP) is 4.30. The number of esters is 1. The van der Waals surface area contributed by atoms with E-state index in [2.05, 4.69) is 10.3 Å². The molecular formula is C19H15FN2O3S. The number of para-hydroxylation sites is 1. The van der Waals surface area contributed by atoms with Gasteiger partial charge >= 0.3 is 5.97 Å². The van der Waals surface area contributed by atoms with E-state index in [0.29, 0.717) is 21.8 Å². The standard InChI is InChI=1S/C19H15FN2O3S/c1-11-6-5-8-13(19(24)25-2)16(11)22-17(23)15-10-26-18(21-15)12-7-3-4-9-14(12)20/h3-10H,1-2H3,(H,22,23). The first kappa shape index (κ1) is 17.8. The van der Waals surface area contributed by atoms with Gasteiger partial charge in [-0.15, -0.1) is 11.3 Å². The average Bonchev–Trinajstić information content (AvgIpc) is 3.13. The molecular weight excluding hydrogens is 355 g/mol. The van der Waals surface area contributed by atoms with Gasteiger partial charge in [-0.25, -0.2) is 14.2 Å². The summed E-state index contributed by atoms with van der Waals surface area (Å²) in [6, 6.07) is 11.3. The van der Waals surface area contributed by atoms with Crippen LogP contribution < -0.4 is 5.32 Å². The maximum atomic E-state index is 13.9. The first-order valence-corrected chi connectivity index (χ1v) is 8.59. The number of hydrogen-bond acceptors (Lipinski definition) is 5. The third-order valence-corrected chi connectivity index (χ3v) is 4.63. The minimum absolute atomic E-state index is 0.146. The summed E-state index contributed by atoms with van der Waals surface area (Å²) in [4.78, 5) is 28.7. The summed E-state index contributed by atoms with van der Waals surface area (Å²) in [5.41, 5.74) is 1.82. The van der Waals surface area contributed by atoms with E-state index in [1.165, 1.54) is 24.5 Å². The van der Waals surface area contributed by atoms with Crippen LogP contribution in [0, 0.1) is 12.7 Å². The molecule has 0 aliphatic carbocycles. The summed E-state index contributed by atoms with van der Waals surface area (Å²) < 4.78 is 18.6. The topological polar surface area (TPSA) is 68.3 Å². The number of thiazole rings is 1. The zero-order chi connectivity index (χ0) is 18.7. The Hall–Kier alpha value is -3.06. The lowest BCUT2D eigenvalue weighted by atomic mass is 10.1. The van der Waals surface area contributed by atoms with Crippen LogP contribution in [0.25, 0.3) is 10.6 Å². The first-order chi connectivity index (χ1) is 12.5. The summed E-state index contributed by atoms with van der Waals surface area (Å²) >= 11 is 1.17. The molecule has 5 nitrogen and oxygen atoms in total. The SMILES string of the molecule is COC(=O)c1cccc(C)c1NC(=O)c1csc(-c2ccccc2F)n1. The molecule has 0 atom stereocenters. The van der Waals surface area contributed by atoms with Crippen LogP contribution in [0.15, 0.2) is 47.8 Å². The van der Waals surface area contributed by atoms with Crippen molar-refractivity contribution < 1.29 is 18.7 Å². The lowest BCUT2D eigenvalue weighted by Gasteiger charge is -2.11. The van der Waals surface area contributed by atoms with Gasteiger partial charge in [-0.1, -0.05) is 24.3 Å². The van der Waals surface area contributed by atoms with Gasteiger partial charge in [-0.05, 0) is 30.7 Å². The number of rotatable bonds is 4. The number of ether oxygens (including phenoxy) is 1. The van der Waals surface area contributed by atoms with Gasteiger partial charge < -0.3 is 10.1 Å². The van der Waals surface area contributed by atoms with Gasteiger partial charge in [-0.2, -0.15) is 0 Å². The molecule has 3 aromatic rings. The number of nitrogens with zero attached hydrogens (tertiary/aromatic N) is 1. The third kappa shape index (κ3) is 3.48. The normalized spacial score (nSPS) is 10.4. The molecule has 0 radical (unpaired) electrons. The number of hydrogen-bond donors (Lipinski definition) is 1. The van der Waals surface area contributed by atoms with Crippen LogP contribution in [-0.4, -0.2) is 24.0 Å². The zero-order valence-corrected chi connectivity index (χ0v) is 14.9. The molecule has 0 bridgehead atoms. The molecule has 0 aliphatic heterocycles. The molecule has 0 spiro atoms. The van der Waals surface area contributed by atoms with Gasteiger partial charge in [0.05, 0.1) is 18.4 Å². The Morgan fingerprint density at radius 1 is 1.15 bits per heavy atom. The van der Waals surface area contributed by atoms with E-state index in [1.807, 2.05) is 0 Å². The number of amides is 1. The molecule has 26 heavy (non-hydrogen) atoms. The zero-order valence-electron chi connectivity index (χ0n) is 14.1. The highest BCUT2D eigenvalue weighted by Gasteiger charge is 2.19. The molecule has 0 fully saturated rings. The van der Waals surface area contributed by atoms with E-state index in [-0.39, 0.29) is 11.3 Å². The van der Waals surface area contributed by atoms with Crippen molar-refractivity contribution >= 4 is 28.9 Å². The molecule has 7 heteroatoms. The van der Waals surface area contributed by atoms with Crippen LogP contribution in [0.1, 0.15) is 26.4 Å². The number of methoxy groups -OCH3 is 1. The van der Waals surface area contributed by atoms with E-state index in [0.717, 1.165) is 0 Å². The Kier molecular flexibility index (Phi) is 5.09. The third-order valence-electron chi connectivity index (χ3n) is 3.76. The van der Waals surface area contributed by atoms with Crippen molar-refractivity contribution in [2.24, 2.45) is 0 Å². The van der Waals surface area contributed by atoms with Crippen LogP contribution in [-0.2, 0) is 4.74 Å². The van der Waals surface area contributed by atoms with Gasteiger partial charge in [0.25, 0.3) is 5.91 Å². The minimum atomic E-state index is -0.547. The van der Waals surface area contributed by atoms with E-state index >= 15 is 0 Å². The Labute approximate surface area is 153 Å². The van der Waals surface area contributed by atoms with Gasteiger partial charge in [0, 0.05) is 10.9 Å². The lowest BCUT2D eigenvalue weighted by Crippen LogP contribution is -2.16. The number of aryl methyl sites for hydroxylation is 1. The van der Waals surface area contributed by atoms with Crippen molar-refractivity contribution in [2.75, 3.05) is 12.4 Å². The molecule has 0 saturated heterocycles. The highest BCUT2D eigenvalue weighted by atomic mass is 32.1. The molecule has 0 unspecified atom stereocenters. The average molecular weight is 370 g/mol. The molecule has 1 N–H and O–H groups in total. The highest BCUT2D eigenvalue weighted by molar-refractivity contribution is 7.13. The molecule has 0 saturated carbocycles. The molecule has 2 aromatic carbocycles. The van der Waals surface area contributed by atoms with Crippen LogP contribution in [0.5, 0.6) is 0 Å². The molecule has 132 valence electrons. The van der Waals surface area contributed by atoms with E-state index in [4.69, 9.17) is 4.74 Å². The second kappa shape index (κ2) is 7.45. The highest BCUT2D eigenvalue weighted by Crippen LogP contribution is 2.27. The molecule has 1 amide bonds. The fourth-order valence-electron chi connectivity index (χ4n) is 2.43. The van der Waals surface area contributed by atoms with Crippen molar-refractivity contribution in [3.63, 3.8) is 0 Å². The van der Waals surface area contributed by atoms with E-state index in [9.17, 15) is 14.0 Å². The van der Waals surface area contributed by atoms with Crippen LogP contribution in [0.4, 0.5) is 10.1 Å². The Morgan fingerprint density at radius 2 is 1.92 bits per heavy atom. The summed E-state index contributed by atoms with van der Waals surface area (Å²) in [6.45, 7) is 1.77. The first-order valence-electron chi connectivity index (χ1n) is 7.71. The quantitative estimate of drug-likeness (QED) is 0.696. The number of carbonyl (C=O) groups excluding carboxylic acids is 2. The molecule has 0 aliphatic rings. The minimum Gasteiger partial charge on any atom is -0.465 e. The lowest BCUT2D eigenvalue weighted by molar-refractivity contribution is 0.0602. The Morgan fingerprint density at radius 3 is 2.65 bits per heavy atom. The van der Waals surface area contributed by atoms with Crippen molar-refractivity contribution in [1.29, 1.82) is 0 Å². The summed E-state index contributed by atoms with van der Waals surface area (Å²) in [6.07, 6.45) is 0. The number of benzene rings is 2. The van der Waals surface area contributed by atoms with Crippen LogP contribution >= 0.6 is 11.3 Å². The fraction of sp³-hybridized carbons (Fsp3) is 0.105. The van der Waals surface area contributed by atoms with Gasteiger partial charge in [0.2, 0.25) is 0 Å². The summed E-state index contributed by atoms with van der Waals surface area (Å²) in [5, 5.41) is 4.66. The second-order valence-electron chi connectivity index (χ2n) is 5.46. The maximum Gasteiger partial charge on any atom is 0.339 e. The van der Waals surface area contributed by atoms with Crippen LogP contribution in [0.2, 0.25) is 0 Å². The Balaban J connectivity index is 1.89. The van der Waals surface area contributed by atoms with Crippen LogP contribution in [0.3, 0.4) is 0 Å². The van der Waals surface area contributed by atoms with E-state index < -0.39 is 17.7 Å². The number of carbonyl (C=O) groups is 2. The smallest absolute Gasteiger partial charge is 0.339 e. The second-order valence-corrected chi connectivity index (χ2v) is 6.32. The van der Waals surface area contributed by atoms with Gasteiger partial charge in [0.15, 0.2) is 0 Å². The number of anilines is 1. The van der Waals surface area contributed by atoms with Gasteiger partial charge in [0.1, 0.15) is 16.5 Å². The molecule has 1 aromatic heterocycles. The predicted molar refractivity (Wildman–Crippen MR) is 98.0 cm³/mol. The molecule has 3 rings (SSSR count). The van der Waals surface area contributed by atoms with Crippen molar-refractivity contribution in [2.45, 2.75) is 6.92 Å². The maximum absolute atomic E-state index is 13.9. The van der Waals surface area contributed by atoms with Gasteiger partial charge in [-0.3, -0.25) is 4.79 Å². The monoisotopic (exact) mass is 370 g/mol. The number of halogens is 1. The van der Waals surface area contributed by atoms with E-state index in [1.54, 1.807) is 48.7 Å². The summed E-state index contributed by atoms with van der Waals surface area (Å²) in [7, 11) is 1.28. The number of aromatic nitrogens is 1. The molecule has 1 heterocycles. The largest absolute Gasteiger partial charge is 0.465 e. The summed E-state index contributed by atoms with van der Waals surface area (Å²) in [5.74, 6) is -1.43. The van der Waals surface area contributed by atoms with Crippen molar-refractivity contribution in [3.8, 4) is 10.6 Å². The fourth-order valence-corrected chi connectivity index (χ4v) is 3.25.